The molecule has 2 nitrogen and oxygen atoms in total. The zero-order valence-electron chi connectivity index (χ0n) is 10.9. The molecule has 0 radical (unpaired) electrons. The minimum Gasteiger partial charge on any atom is -0.254 e. The molecule has 0 spiro atoms. The summed E-state index contributed by atoms with van der Waals surface area (Å²) in [5.41, 5.74) is 3.67. The van der Waals surface area contributed by atoms with Gasteiger partial charge in [0.15, 0.2) is 0 Å². The highest BCUT2D eigenvalue weighted by atomic mass is 14.8. The molecule has 0 atom stereocenters. The van der Waals surface area contributed by atoms with Crippen LogP contribution in [0.1, 0.15) is 11.3 Å². The maximum Gasteiger partial charge on any atom is 0.0968 e. The molecule has 1 aromatic carbocycles. The fraction of sp³-hybridized carbons (Fsp3) is 0.111. The molecule has 2 aromatic heterocycles. The van der Waals surface area contributed by atoms with E-state index in [1.54, 1.807) is 6.20 Å². The van der Waals surface area contributed by atoms with Gasteiger partial charge < -0.3 is 0 Å². The minimum atomic E-state index is 0.482. The van der Waals surface area contributed by atoms with Crippen LogP contribution in [-0.4, -0.2) is 9.97 Å². The van der Waals surface area contributed by atoms with Crippen LogP contribution < -0.4 is 0 Å². The van der Waals surface area contributed by atoms with Gasteiger partial charge in [0, 0.05) is 23.4 Å². The number of pyridine rings is 2. The number of fused-ring (bicyclic) bond motifs is 3. The molecule has 0 unspecified atom stereocenters. The van der Waals surface area contributed by atoms with E-state index in [4.69, 9.17) is 17.8 Å². The van der Waals surface area contributed by atoms with Gasteiger partial charge in [-0.1, -0.05) is 18.2 Å². The summed E-state index contributed by atoms with van der Waals surface area (Å²) in [6, 6.07) is 10.1. The van der Waals surface area contributed by atoms with E-state index in [1.165, 1.54) is 0 Å². The van der Waals surface area contributed by atoms with Crippen LogP contribution in [0.3, 0.4) is 0 Å². The van der Waals surface area contributed by atoms with Gasteiger partial charge in [-0.15, -0.1) is 24.7 Å². The average molecular weight is 256 g/mol. The lowest BCUT2D eigenvalue weighted by molar-refractivity contribution is 1.10. The van der Waals surface area contributed by atoms with Crippen LogP contribution in [0.25, 0.3) is 21.8 Å². The minimum absolute atomic E-state index is 0.482. The standard InChI is InChI=1S/C18H12N2/c1-3-6-14-12-15-10-9-13-8-5-11-19-17(13)18(15)20-16(14)7-4-2/h1-2,5,8-12H,6-7H2. The second kappa shape index (κ2) is 5.03. The highest BCUT2D eigenvalue weighted by Crippen LogP contribution is 2.24. The van der Waals surface area contributed by atoms with Gasteiger partial charge in [0.1, 0.15) is 0 Å². The van der Waals surface area contributed by atoms with Gasteiger partial charge in [0.05, 0.1) is 23.1 Å². The summed E-state index contributed by atoms with van der Waals surface area (Å²) in [5.74, 6) is 5.30. The predicted molar refractivity (Wildman–Crippen MR) is 82.1 cm³/mol. The van der Waals surface area contributed by atoms with E-state index in [2.05, 4.69) is 22.9 Å². The zero-order valence-corrected chi connectivity index (χ0v) is 10.9. The first-order valence-corrected chi connectivity index (χ1v) is 6.36. The molecule has 0 bridgehead atoms. The van der Waals surface area contributed by atoms with Gasteiger partial charge in [-0.3, -0.25) is 4.98 Å². The summed E-state index contributed by atoms with van der Waals surface area (Å²) in [6.07, 6.45) is 13.6. The third kappa shape index (κ3) is 1.98. The molecule has 0 saturated heterocycles. The van der Waals surface area contributed by atoms with Crippen molar-refractivity contribution in [1.82, 2.24) is 9.97 Å². The summed E-state index contributed by atoms with van der Waals surface area (Å²) in [7, 11) is 0. The van der Waals surface area contributed by atoms with Crippen molar-refractivity contribution in [2.45, 2.75) is 12.8 Å². The second-order valence-electron chi connectivity index (χ2n) is 4.57. The Hall–Kier alpha value is -2.84. The Balaban J connectivity index is 2.36. The third-order valence-corrected chi connectivity index (χ3v) is 3.29. The lowest BCUT2D eigenvalue weighted by Crippen LogP contribution is -1.98. The maximum absolute atomic E-state index is 5.43. The average Bonchev–Trinajstić information content (AvgIpc) is 2.48. The molecule has 3 rings (SSSR count). The Morgan fingerprint density at radius 2 is 1.75 bits per heavy atom. The topological polar surface area (TPSA) is 25.8 Å². The van der Waals surface area contributed by atoms with Crippen LogP contribution in [0.15, 0.2) is 36.5 Å². The fourth-order valence-electron chi connectivity index (χ4n) is 2.37. The van der Waals surface area contributed by atoms with Crippen molar-refractivity contribution in [3.8, 4) is 24.7 Å². The summed E-state index contributed by atoms with van der Waals surface area (Å²) < 4.78 is 0. The second-order valence-corrected chi connectivity index (χ2v) is 4.57. The number of nitrogens with zero attached hydrogens (tertiary/aromatic N) is 2. The van der Waals surface area contributed by atoms with Crippen molar-refractivity contribution in [3.05, 3.63) is 47.8 Å². The Labute approximate surface area is 117 Å². The molecule has 0 amide bonds. The molecule has 0 saturated carbocycles. The largest absolute Gasteiger partial charge is 0.254 e. The number of terminal acetylenes is 2. The van der Waals surface area contributed by atoms with Crippen molar-refractivity contribution >= 4 is 21.8 Å². The summed E-state index contributed by atoms with van der Waals surface area (Å²) in [5, 5.41) is 2.12. The maximum atomic E-state index is 5.43. The molecule has 2 heterocycles. The zero-order chi connectivity index (χ0) is 13.9. The van der Waals surface area contributed by atoms with E-state index in [1.807, 2.05) is 24.3 Å². The number of aromatic nitrogens is 2. The molecule has 0 fully saturated rings. The normalized spacial score (nSPS) is 10.3. The fourth-order valence-corrected chi connectivity index (χ4v) is 2.37. The quantitative estimate of drug-likeness (QED) is 0.520. The first-order valence-electron chi connectivity index (χ1n) is 6.36. The summed E-state index contributed by atoms with van der Waals surface area (Å²) in [6.45, 7) is 0. The lowest BCUT2D eigenvalue weighted by atomic mass is 10.0. The van der Waals surface area contributed by atoms with Crippen LogP contribution in [-0.2, 0) is 12.8 Å². The monoisotopic (exact) mass is 256 g/mol. The van der Waals surface area contributed by atoms with Gasteiger partial charge in [-0.25, -0.2) is 4.98 Å². The molecule has 3 aromatic rings. The number of rotatable bonds is 2. The van der Waals surface area contributed by atoms with Crippen molar-refractivity contribution in [2.24, 2.45) is 0 Å². The molecule has 2 heteroatoms. The van der Waals surface area contributed by atoms with Gasteiger partial charge in [0.25, 0.3) is 0 Å². The van der Waals surface area contributed by atoms with Crippen LogP contribution in [0.2, 0.25) is 0 Å². The molecule has 20 heavy (non-hydrogen) atoms. The Morgan fingerprint density at radius 1 is 0.950 bits per heavy atom. The third-order valence-electron chi connectivity index (χ3n) is 3.29. The summed E-state index contributed by atoms with van der Waals surface area (Å²) >= 11 is 0. The highest BCUT2D eigenvalue weighted by molar-refractivity contribution is 6.02. The molecule has 0 aliphatic heterocycles. The van der Waals surface area contributed by atoms with Crippen LogP contribution in [0.5, 0.6) is 0 Å². The Kier molecular flexibility index (Phi) is 3.07. The molecule has 0 N–H and O–H groups in total. The molecule has 94 valence electrons. The van der Waals surface area contributed by atoms with Gasteiger partial charge in [-0.2, -0.15) is 0 Å². The van der Waals surface area contributed by atoms with Crippen molar-refractivity contribution in [2.75, 3.05) is 0 Å². The van der Waals surface area contributed by atoms with E-state index in [9.17, 15) is 0 Å². The van der Waals surface area contributed by atoms with E-state index in [0.29, 0.717) is 12.8 Å². The van der Waals surface area contributed by atoms with Crippen molar-refractivity contribution in [3.63, 3.8) is 0 Å². The number of hydrogen-bond acceptors (Lipinski definition) is 2. The molecular formula is C18H12N2. The molecular weight excluding hydrogens is 244 g/mol. The first-order chi connectivity index (χ1) is 9.83. The van der Waals surface area contributed by atoms with Gasteiger partial charge >= 0.3 is 0 Å². The SMILES string of the molecule is C#CCc1cc2ccc3cccnc3c2nc1CC#C. The van der Waals surface area contributed by atoms with Crippen LogP contribution in [0.4, 0.5) is 0 Å². The highest BCUT2D eigenvalue weighted by Gasteiger charge is 2.08. The van der Waals surface area contributed by atoms with Crippen LogP contribution >= 0.6 is 0 Å². The van der Waals surface area contributed by atoms with Crippen molar-refractivity contribution < 1.29 is 0 Å². The molecule has 0 aliphatic carbocycles. The smallest absolute Gasteiger partial charge is 0.0968 e. The van der Waals surface area contributed by atoms with E-state index in [0.717, 1.165) is 33.1 Å². The predicted octanol–water partition coefficient (Wildman–Crippen LogP) is 3.13. The van der Waals surface area contributed by atoms with E-state index in [-0.39, 0.29) is 0 Å². The van der Waals surface area contributed by atoms with Crippen LogP contribution in [0, 0.1) is 24.7 Å². The molecule has 0 aliphatic rings. The number of benzene rings is 1. The Morgan fingerprint density at radius 3 is 2.55 bits per heavy atom. The summed E-state index contributed by atoms with van der Waals surface area (Å²) in [4.78, 5) is 9.14. The van der Waals surface area contributed by atoms with E-state index < -0.39 is 0 Å². The Bertz CT molecular complexity index is 879. The lowest BCUT2D eigenvalue weighted by Gasteiger charge is -2.08. The van der Waals surface area contributed by atoms with Crippen molar-refractivity contribution in [1.29, 1.82) is 0 Å². The van der Waals surface area contributed by atoms with Gasteiger partial charge in [0.2, 0.25) is 0 Å². The number of hydrogen-bond donors (Lipinski definition) is 0. The first kappa shape index (κ1) is 12.2. The van der Waals surface area contributed by atoms with E-state index >= 15 is 0 Å². The van der Waals surface area contributed by atoms with Gasteiger partial charge in [-0.05, 0) is 17.7 Å².